The zero-order valence-corrected chi connectivity index (χ0v) is 15.5. The van der Waals surface area contributed by atoms with Gasteiger partial charge in [-0.25, -0.2) is 0 Å². The molecule has 0 atom stereocenters. The number of ether oxygens (including phenoxy) is 1. The van der Waals surface area contributed by atoms with Gasteiger partial charge in [0.25, 0.3) is 0 Å². The zero-order valence-electron chi connectivity index (χ0n) is 15.5. The number of nitrogens with one attached hydrogen (secondary N) is 1. The SMILES string of the molecule is C1CNC1.CC.COC.NC(=O)CCCCC1CCCCC1.[HH].[HH]. The number of carbonyl (C=O) groups excluding carboxylic acids is 1. The molecule has 1 saturated carbocycles. The third-order valence-corrected chi connectivity index (χ3v) is 3.72. The van der Waals surface area contributed by atoms with Crippen molar-refractivity contribution in [2.24, 2.45) is 11.7 Å². The summed E-state index contributed by atoms with van der Waals surface area (Å²) in [6.45, 7) is 6.50. The lowest BCUT2D eigenvalue weighted by Crippen LogP contribution is -2.29. The van der Waals surface area contributed by atoms with Crippen molar-refractivity contribution in [1.82, 2.24) is 5.32 Å². The lowest BCUT2D eigenvalue weighted by Gasteiger charge is -2.20. The summed E-state index contributed by atoms with van der Waals surface area (Å²) in [4.78, 5) is 10.5. The molecule has 1 saturated heterocycles. The van der Waals surface area contributed by atoms with Crippen molar-refractivity contribution in [2.75, 3.05) is 27.3 Å². The minimum atomic E-state index is -0.149. The van der Waals surface area contributed by atoms with E-state index in [-0.39, 0.29) is 8.76 Å². The largest absolute Gasteiger partial charge is 0.388 e. The first-order valence-electron chi connectivity index (χ1n) is 9.09. The van der Waals surface area contributed by atoms with Crippen LogP contribution in [0, 0.1) is 5.92 Å². The summed E-state index contributed by atoms with van der Waals surface area (Å²) < 4.78 is 4.25. The molecule has 4 nitrogen and oxygen atoms in total. The van der Waals surface area contributed by atoms with E-state index in [0.29, 0.717) is 6.42 Å². The summed E-state index contributed by atoms with van der Waals surface area (Å²) in [6, 6.07) is 0. The van der Waals surface area contributed by atoms with Crippen LogP contribution < -0.4 is 11.1 Å². The van der Waals surface area contributed by atoms with Crippen molar-refractivity contribution in [3.8, 4) is 0 Å². The van der Waals surface area contributed by atoms with Crippen molar-refractivity contribution in [2.45, 2.75) is 78.1 Å². The molecular weight excluding hydrogens is 276 g/mol. The second-order valence-corrected chi connectivity index (χ2v) is 5.73. The summed E-state index contributed by atoms with van der Waals surface area (Å²) in [5, 5.41) is 3.11. The van der Waals surface area contributed by atoms with Gasteiger partial charge in [0.15, 0.2) is 0 Å². The standard InChI is InChI=1S/C11H21NO.C3H7N.C2H6O.C2H6.2H2/c12-11(13)9-5-4-8-10-6-2-1-3-7-10;1-2-4-3-1;1-3-2;1-2;;/h10H,1-9H2,(H2,12,13);4H,1-3H2;1-2H3;1-2H3;2*1H. The topological polar surface area (TPSA) is 64.3 Å². The van der Waals surface area contributed by atoms with E-state index in [2.05, 4.69) is 10.1 Å². The number of rotatable bonds is 5. The Morgan fingerprint density at radius 2 is 1.55 bits per heavy atom. The Kier molecular flexibility index (Phi) is 21.9. The number of unbranched alkanes of at least 4 members (excludes halogenated alkanes) is 1. The average molecular weight is 321 g/mol. The molecule has 1 aliphatic carbocycles. The first-order valence-corrected chi connectivity index (χ1v) is 9.09. The molecule has 138 valence electrons. The van der Waals surface area contributed by atoms with Crippen LogP contribution in [0.25, 0.3) is 0 Å². The normalized spacial score (nSPS) is 16.5. The maximum atomic E-state index is 10.5. The predicted molar refractivity (Wildman–Crippen MR) is 100 cm³/mol. The predicted octanol–water partition coefficient (Wildman–Crippen LogP) is 4.37. The van der Waals surface area contributed by atoms with Crippen LogP contribution in [0.1, 0.15) is 80.9 Å². The summed E-state index contributed by atoms with van der Waals surface area (Å²) >= 11 is 0. The van der Waals surface area contributed by atoms with Crippen molar-refractivity contribution in [3.05, 3.63) is 0 Å². The van der Waals surface area contributed by atoms with E-state index in [4.69, 9.17) is 5.73 Å². The fraction of sp³-hybridized carbons (Fsp3) is 0.944. The highest BCUT2D eigenvalue weighted by molar-refractivity contribution is 5.73. The van der Waals surface area contributed by atoms with E-state index in [9.17, 15) is 4.79 Å². The molecule has 0 bridgehead atoms. The van der Waals surface area contributed by atoms with Gasteiger partial charge in [-0.3, -0.25) is 4.79 Å². The molecule has 0 aromatic carbocycles. The van der Waals surface area contributed by atoms with Crippen molar-refractivity contribution < 1.29 is 12.4 Å². The van der Waals surface area contributed by atoms with E-state index in [1.165, 1.54) is 64.5 Å². The molecule has 3 N–H and O–H groups in total. The lowest BCUT2D eigenvalue weighted by molar-refractivity contribution is -0.118. The van der Waals surface area contributed by atoms with Gasteiger partial charge in [0, 0.05) is 23.5 Å². The van der Waals surface area contributed by atoms with Crippen LogP contribution in [0.2, 0.25) is 0 Å². The summed E-state index contributed by atoms with van der Waals surface area (Å²) in [5.41, 5.74) is 5.07. The average Bonchev–Trinajstić information content (AvgIpc) is 2.46. The molecule has 2 rings (SSSR count). The number of nitrogens with two attached hydrogens (primary N) is 1. The molecule has 0 spiro atoms. The van der Waals surface area contributed by atoms with E-state index >= 15 is 0 Å². The van der Waals surface area contributed by atoms with Crippen LogP contribution in [0.3, 0.4) is 0 Å². The van der Waals surface area contributed by atoms with Gasteiger partial charge in [-0.15, -0.1) is 0 Å². The van der Waals surface area contributed by atoms with E-state index < -0.39 is 0 Å². The highest BCUT2D eigenvalue weighted by Gasteiger charge is 2.12. The molecule has 4 heteroatoms. The zero-order chi connectivity index (χ0) is 17.1. The van der Waals surface area contributed by atoms with E-state index in [1.54, 1.807) is 14.2 Å². The quantitative estimate of drug-likeness (QED) is 0.739. The Hall–Kier alpha value is -0.610. The Morgan fingerprint density at radius 1 is 1.09 bits per heavy atom. The summed E-state index contributed by atoms with van der Waals surface area (Å²) in [7, 11) is 3.25. The number of amides is 1. The summed E-state index contributed by atoms with van der Waals surface area (Å²) in [6.07, 6.45) is 12.5. The van der Waals surface area contributed by atoms with E-state index in [0.717, 1.165) is 12.3 Å². The molecule has 1 amide bonds. The third kappa shape index (κ3) is 19.4. The maximum Gasteiger partial charge on any atom is 0.217 e. The van der Waals surface area contributed by atoms with Gasteiger partial charge in [0.2, 0.25) is 5.91 Å². The Morgan fingerprint density at radius 3 is 1.91 bits per heavy atom. The molecule has 1 aliphatic heterocycles. The fourth-order valence-electron chi connectivity index (χ4n) is 2.38. The van der Waals surface area contributed by atoms with Gasteiger partial charge < -0.3 is 15.8 Å². The lowest BCUT2D eigenvalue weighted by atomic mass is 9.85. The number of primary amides is 1. The molecule has 0 aromatic rings. The van der Waals surface area contributed by atoms with Crippen LogP contribution in [0.4, 0.5) is 0 Å². The molecule has 2 fully saturated rings. The molecule has 22 heavy (non-hydrogen) atoms. The van der Waals surface area contributed by atoms with Crippen molar-refractivity contribution in [1.29, 1.82) is 0 Å². The minimum absolute atomic E-state index is 0. The number of carbonyl (C=O) groups is 1. The van der Waals surface area contributed by atoms with Gasteiger partial charge in [0.1, 0.15) is 0 Å². The highest BCUT2D eigenvalue weighted by atomic mass is 16.4. The first-order chi connectivity index (χ1) is 10.7. The number of hydrogen-bond acceptors (Lipinski definition) is 3. The molecule has 0 unspecified atom stereocenters. The maximum absolute atomic E-state index is 10.5. The number of methoxy groups -OCH3 is 1. The van der Waals surface area contributed by atoms with Gasteiger partial charge >= 0.3 is 0 Å². The molecule has 0 aromatic heterocycles. The molecule has 1 heterocycles. The van der Waals surface area contributed by atoms with E-state index in [1.807, 2.05) is 13.8 Å². The third-order valence-electron chi connectivity index (χ3n) is 3.72. The van der Waals surface area contributed by atoms with Crippen molar-refractivity contribution >= 4 is 5.91 Å². The minimum Gasteiger partial charge on any atom is -0.388 e. The number of hydrogen-bond donors (Lipinski definition) is 2. The van der Waals surface area contributed by atoms with Crippen LogP contribution in [-0.4, -0.2) is 33.2 Å². The van der Waals surface area contributed by atoms with Crippen molar-refractivity contribution in [3.63, 3.8) is 0 Å². The first kappa shape index (κ1) is 23.7. The smallest absolute Gasteiger partial charge is 0.217 e. The molecular formula is C18H44N2O2. The van der Waals surface area contributed by atoms with Gasteiger partial charge in [-0.2, -0.15) is 0 Å². The summed E-state index contributed by atoms with van der Waals surface area (Å²) in [5.74, 6) is 0.797. The monoisotopic (exact) mass is 320 g/mol. The van der Waals surface area contributed by atoms with Crippen LogP contribution in [0.5, 0.6) is 0 Å². The van der Waals surface area contributed by atoms with Gasteiger partial charge in [0.05, 0.1) is 0 Å². The second kappa shape index (κ2) is 20.4. The Bertz CT molecular complexity index is 219. The fourth-order valence-corrected chi connectivity index (χ4v) is 2.38. The second-order valence-electron chi connectivity index (χ2n) is 5.73. The van der Waals surface area contributed by atoms with Crippen LogP contribution in [-0.2, 0) is 9.53 Å². The van der Waals surface area contributed by atoms with Crippen LogP contribution >= 0.6 is 0 Å². The Balaban J connectivity index is -0.000000152. The molecule has 2 aliphatic rings. The Labute approximate surface area is 141 Å². The van der Waals surface area contributed by atoms with Gasteiger partial charge in [-0.05, 0) is 31.8 Å². The van der Waals surface area contributed by atoms with Gasteiger partial charge in [-0.1, -0.05) is 58.8 Å². The van der Waals surface area contributed by atoms with Crippen LogP contribution in [0.15, 0.2) is 0 Å². The highest BCUT2D eigenvalue weighted by Crippen LogP contribution is 2.27. The molecule has 0 radical (unpaired) electrons.